The zero-order valence-corrected chi connectivity index (χ0v) is 18.0. The van der Waals surface area contributed by atoms with Gasteiger partial charge in [0.25, 0.3) is 11.5 Å². The molecule has 3 aromatic rings. The zero-order valence-electron chi connectivity index (χ0n) is 15.6. The first-order valence-electron chi connectivity index (χ1n) is 8.82. The van der Waals surface area contributed by atoms with Crippen molar-refractivity contribution in [3.63, 3.8) is 0 Å². The van der Waals surface area contributed by atoms with Crippen molar-refractivity contribution in [3.05, 3.63) is 42.5 Å². The first kappa shape index (κ1) is 18.4. The monoisotopic (exact) mass is 449 g/mol. The molecule has 1 aliphatic carbocycles. The van der Waals surface area contributed by atoms with Crippen LogP contribution >= 0.6 is 27.3 Å². The standard InChI is InChI=1S/C18H20BrN5O2S/c1-8-5-6-11-12(7-8)27-17-13(11)18(26)24(10(3)20-17)22-16(25)15-14(19)9(2)21-23(15)4/h8H,5-7H2,1-4H3,(H,22,25)/t8-/m1/s1. The number of aromatic nitrogens is 4. The molecule has 1 aliphatic rings. The van der Waals surface area contributed by atoms with Crippen LogP contribution in [-0.4, -0.2) is 25.3 Å². The maximum atomic E-state index is 13.2. The van der Waals surface area contributed by atoms with E-state index >= 15 is 0 Å². The van der Waals surface area contributed by atoms with Crippen LogP contribution in [0.2, 0.25) is 0 Å². The molecule has 0 spiro atoms. The van der Waals surface area contributed by atoms with Gasteiger partial charge in [0.05, 0.1) is 15.6 Å². The summed E-state index contributed by atoms with van der Waals surface area (Å²) < 4.78 is 3.36. The maximum Gasteiger partial charge on any atom is 0.289 e. The van der Waals surface area contributed by atoms with Crippen molar-refractivity contribution in [1.29, 1.82) is 0 Å². The number of halogens is 1. The number of thiophene rings is 1. The van der Waals surface area contributed by atoms with Crippen molar-refractivity contribution in [3.8, 4) is 0 Å². The fourth-order valence-corrected chi connectivity index (χ4v) is 5.59. The van der Waals surface area contributed by atoms with Gasteiger partial charge in [0.2, 0.25) is 0 Å². The second-order valence-electron chi connectivity index (χ2n) is 7.14. The van der Waals surface area contributed by atoms with Crippen LogP contribution in [0.4, 0.5) is 0 Å². The van der Waals surface area contributed by atoms with E-state index in [0.717, 1.165) is 29.7 Å². The first-order chi connectivity index (χ1) is 12.8. The quantitative estimate of drug-likeness (QED) is 0.651. The third-order valence-corrected chi connectivity index (χ3v) is 7.17. The third-order valence-electron chi connectivity index (χ3n) is 5.07. The van der Waals surface area contributed by atoms with Gasteiger partial charge in [-0.2, -0.15) is 5.10 Å². The van der Waals surface area contributed by atoms with Crippen LogP contribution in [0, 0.1) is 19.8 Å². The molecule has 3 heterocycles. The van der Waals surface area contributed by atoms with E-state index in [1.54, 1.807) is 25.3 Å². The van der Waals surface area contributed by atoms with E-state index in [4.69, 9.17) is 0 Å². The highest BCUT2D eigenvalue weighted by Gasteiger charge is 2.25. The Balaban J connectivity index is 1.80. The number of fused-ring (bicyclic) bond motifs is 3. The lowest BCUT2D eigenvalue weighted by Crippen LogP contribution is -2.36. The molecule has 27 heavy (non-hydrogen) atoms. The van der Waals surface area contributed by atoms with E-state index in [1.807, 2.05) is 6.92 Å². The third kappa shape index (κ3) is 2.93. The van der Waals surface area contributed by atoms with Gasteiger partial charge in [0.1, 0.15) is 16.3 Å². The van der Waals surface area contributed by atoms with E-state index < -0.39 is 5.91 Å². The van der Waals surface area contributed by atoms with Gasteiger partial charge in [0.15, 0.2) is 0 Å². The van der Waals surface area contributed by atoms with Crippen LogP contribution in [0.15, 0.2) is 9.27 Å². The summed E-state index contributed by atoms with van der Waals surface area (Å²) in [7, 11) is 1.69. The SMILES string of the molecule is Cc1nn(C)c(C(=O)Nn2c(C)nc3sc4c(c3c2=O)CC[C@@H](C)C4)c1Br. The van der Waals surface area contributed by atoms with E-state index in [2.05, 4.69) is 38.4 Å². The van der Waals surface area contributed by atoms with Crippen LogP contribution in [0.25, 0.3) is 10.2 Å². The summed E-state index contributed by atoms with van der Waals surface area (Å²) in [5.74, 6) is 0.676. The molecule has 7 nitrogen and oxygen atoms in total. The molecule has 1 amide bonds. The fourth-order valence-electron chi connectivity index (χ4n) is 3.66. The zero-order chi connectivity index (χ0) is 19.5. The lowest BCUT2D eigenvalue weighted by Gasteiger charge is -2.17. The molecule has 9 heteroatoms. The highest BCUT2D eigenvalue weighted by atomic mass is 79.9. The molecular weight excluding hydrogens is 430 g/mol. The predicted octanol–water partition coefficient (Wildman–Crippen LogP) is 3.08. The number of hydrogen-bond donors (Lipinski definition) is 1. The van der Waals surface area contributed by atoms with E-state index in [1.165, 1.54) is 14.2 Å². The van der Waals surface area contributed by atoms with Gasteiger partial charge < -0.3 is 0 Å². The Morgan fingerprint density at radius 3 is 2.78 bits per heavy atom. The Labute approximate surface area is 168 Å². The smallest absolute Gasteiger partial charge is 0.267 e. The number of rotatable bonds is 2. The Bertz CT molecular complexity index is 1140. The molecule has 4 rings (SSSR count). The number of nitrogens with zero attached hydrogens (tertiary/aromatic N) is 4. The number of nitrogens with one attached hydrogen (secondary N) is 1. The molecule has 142 valence electrons. The van der Waals surface area contributed by atoms with E-state index in [-0.39, 0.29) is 5.56 Å². The summed E-state index contributed by atoms with van der Waals surface area (Å²) >= 11 is 5.00. The highest BCUT2D eigenvalue weighted by Crippen LogP contribution is 2.35. The van der Waals surface area contributed by atoms with Crippen LogP contribution in [0.1, 0.15) is 45.8 Å². The normalized spacial score (nSPS) is 16.6. The second kappa shape index (κ2) is 6.56. The average molecular weight is 450 g/mol. The van der Waals surface area contributed by atoms with Crippen molar-refractivity contribution < 1.29 is 4.79 Å². The van der Waals surface area contributed by atoms with Gasteiger partial charge in [-0.25, -0.2) is 9.66 Å². The maximum absolute atomic E-state index is 13.2. The van der Waals surface area contributed by atoms with Gasteiger partial charge in [-0.05, 0) is 60.5 Å². The average Bonchev–Trinajstić information content (AvgIpc) is 3.07. The summed E-state index contributed by atoms with van der Waals surface area (Å²) in [6.45, 7) is 5.77. The Morgan fingerprint density at radius 1 is 1.37 bits per heavy atom. The highest BCUT2D eigenvalue weighted by molar-refractivity contribution is 9.10. The molecule has 3 aromatic heterocycles. The Hall–Kier alpha value is -2.00. The number of hydrogen-bond acceptors (Lipinski definition) is 5. The molecule has 0 saturated heterocycles. The summed E-state index contributed by atoms with van der Waals surface area (Å²) in [4.78, 5) is 32.6. The Morgan fingerprint density at radius 2 is 2.11 bits per heavy atom. The van der Waals surface area contributed by atoms with Crippen molar-refractivity contribution in [2.24, 2.45) is 13.0 Å². The van der Waals surface area contributed by atoms with Crippen LogP contribution in [0.5, 0.6) is 0 Å². The van der Waals surface area contributed by atoms with Crippen molar-refractivity contribution >= 4 is 43.4 Å². The lowest BCUT2D eigenvalue weighted by molar-refractivity contribution is 0.0996. The molecule has 0 radical (unpaired) electrons. The summed E-state index contributed by atoms with van der Waals surface area (Å²) in [5, 5.41) is 4.88. The number of carbonyl (C=O) groups is 1. The largest absolute Gasteiger partial charge is 0.289 e. The molecule has 0 aliphatic heterocycles. The van der Waals surface area contributed by atoms with Gasteiger partial charge in [-0.3, -0.25) is 19.7 Å². The minimum atomic E-state index is -0.408. The second-order valence-corrected chi connectivity index (χ2v) is 9.02. The fraction of sp³-hybridized carbons (Fsp3) is 0.444. The number of amides is 1. The summed E-state index contributed by atoms with van der Waals surface area (Å²) in [6, 6.07) is 0. The van der Waals surface area contributed by atoms with Crippen LogP contribution in [-0.2, 0) is 19.9 Å². The molecule has 1 atom stereocenters. The first-order valence-corrected chi connectivity index (χ1v) is 10.4. The molecule has 0 saturated carbocycles. The lowest BCUT2D eigenvalue weighted by atomic mass is 9.89. The van der Waals surface area contributed by atoms with E-state index in [0.29, 0.717) is 33.0 Å². The molecule has 0 bridgehead atoms. The molecule has 1 N–H and O–H groups in total. The molecule has 0 fully saturated rings. The summed E-state index contributed by atoms with van der Waals surface area (Å²) in [5.41, 5.74) is 4.66. The van der Waals surface area contributed by atoms with Gasteiger partial charge in [0, 0.05) is 11.9 Å². The van der Waals surface area contributed by atoms with Crippen molar-refractivity contribution in [2.45, 2.75) is 40.0 Å². The number of carbonyl (C=O) groups excluding carboxylic acids is 1. The van der Waals surface area contributed by atoms with Crippen LogP contribution < -0.4 is 11.0 Å². The van der Waals surface area contributed by atoms with Crippen LogP contribution in [0.3, 0.4) is 0 Å². The number of aryl methyl sites for hydroxylation is 4. The molecular formula is C18H20BrN5O2S. The predicted molar refractivity (Wildman–Crippen MR) is 109 cm³/mol. The summed E-state index contributed by atoms with van der Waals surface area (Å²) in [6.07, 6.45) is 2.94. The van der Waals surface area contributed by atoms with Gasteiger partial charge in [-0.15, -0.1) is 11.3 Å². The van der Waals surface area contributed by atoms with E-state index in [9.17, 15) is 9.59 Å². The minimum absolute atomic E-state index is 0.215. The van der Waals surface area contributed by atoms with Gasteiger partial charge >= 0.3 is 0 Å². The molecule has 0 unspecified atom stereocenters. The minimum Gasteiger partial charge on any atom is -0.267 e. The van der Waals surface area contributed by atoms with Gasteiger partial charge in [-0.1, -0.05) is 6.92 Å². The van der Waals surface area contributed by atoms with Crippen molar-refractivity contribution in [1.82, 2.24) is 19.4 Å². The van der Waals surface area contributed by atoms with Crippen molar-refractivity contribution in [2.75, 3.05) is 5.43 Å². The Kier molecular flexibility index (Phi) is 4.46. The topological polar surface area (TPSA) is 81.8 Å². The molecule has 0 aromatic carbocycles.